The lowest BCUT2D eigenvalue weighted by atomic mass is 10.1. The van der Waals surface area contributed by atoms with Crippen LogP contribution in [0.5, 0.6) is 11.5 Å². The Kier molecular flexibility index (Phi) is 4.48. The Bertz CT molecular complexity index is 643. The monoisotopic (exact) mass is 318 g/mol. The van der Waals surface area contributed by atoms with E-state index in [-0.39, 0.29) is 18.9 Å². The molecule has 0 radical (unpaired) electrons. The van der Waals surface area contributed by atoms with Crippen LogP contribution in [0.4, 0.5) is 4.79 Å². The first-order valence-corrected chi connectivity index (χ1v) is 8.06. The summed E-state index contributed by atoms with van der Waals surface area (Å²) in [5.41, 5.74) is 0.984. The Hall–Kier alpha value is -2.21. The number of ether oxygens (including phenoxy) is 2. The van der Waals surface area contributed by atoms with Gasteiger partial charge in [-0.3, -0.25) is 0 Å². The first-order valence-electron chi connectivity index (χ1n) is 7.18. The highest BCUT2D eigenvalue weighted by molar-refractivity contribution is 7.09. The summed E-state index contributed by atoms with van der Waals surface area (Å²) in [6, 6.07) is 9.52. The molecule has 116 valence electrons. The summed E-state index contributed by atoms with van der Waals surface area (Å²) in [5.74, 6) is 1.47. The molecule has 0 fully saturated rings. The van der Waals surface area contributed by atoms with Crippen LogP contribution < -0.4 is 20.1 Å². The van der Waals surface area contributed by atoms with Gasteiger partial charge in [-0.2, -0.15) is 0 Å². The van der Waals surface area contributed by atoms with Crippen LogP contribution in [0, 0.1) is 0 Å². The van der Waals surface area contributed by atoms with Crippen molar-refractivity contribution in [3.05, 3.63) is 46.2 Å². The first kappa shape index (κ1) is 14.7. The molecule has 1 aromatic heterocycles. The molecule has 2 heterocycles. The summed E-state index contributed by atoms with van der Waals surface area (Å²) in [6.45, 7) is 2.82. The van der Waals surface area contributed by atoms with Crippen LogP contribution in [0.15, 0.2) is 35.7 Å². The summed E-state index contributed by atoms with van der Waals surface area (Å²) in [4.78, 5) is 13.2. The molecule has 5 nitrogen and oxygen atoms in total. The molecule has 1 atom stereocenters. The van der Waals surface area contributed by atoms with Gasteiger partial charge in [0.25, 0.3) is 0 Å². The van der Waals surface area contributed by atoms with Crippen molar-refractivity contribution >= 4 is 17.4 Å². The Balaban J connectivity index is 1.48. The van der Waals surface area contributed by atoms with Gasteiger partial charge in [-0.25, -0.2) is 4.79 Å². The summed E-state index contributed by atoms with van der Waals surface area (Å²) < 4.78 is 10.6. The minimum atomic E-state index is -0.165. The van der Waals surface area contributed by atoms with E-state index < -0.39 is 0 Å². The number of hydrogen-bond donors (Lipinski definition) is 2. The van der Waals surface area contributed by atoms with Crippen LogP contribution in [0.3, 0.4) is 0 Å². The zero-order valence-corrected chi connectivity index (χ0v) is 13.1. The predicted molar refractivity (Wildman–Crippen MR) is 85.5 cm³/mol. The van der Waals surface area contributed by atoms with E-state index in [1.54, 1.807) is 11.3 Å². The largest absolute Gasteiger partial charge is 0.454 e. The zero-order chi connectivity index (χ0) is 15.4. The van der Waals surface area contributed by atoms with Gasteiger partial charge in [0, 0.05) is 11.4 Å². The molecule has 2 N–H and O–H groups in total. The van der Waals surface area contributed by atoms with Gasteiger partial charge in [0.1, 0.15) is 0 Å². The Morgan fingerprint density at radius 3 is 3.00 bits per heavy atom. The van der Waals surface area contributed by atoms with E-state index in [1.807, 2.05) is 36.6 Å². The average molecular weight is 318 g/mol. The van der Waals surface area contributed by atoms with E-state index >= 15 is 0 Å². The zero-order valence-electron chi connectivity index (χ0n) is 12.3. The summed E-state index contributed by atoms with van der Waals surface area (Å²) in [6.07, 6.45) is 0.851. The lowest BCUT2D eigenvalue weighted by Crippen LogP contribution is -2.37. The fourth-order valence-corrected chi connectivity index (χ4v) is 2.98. The summed E-state index contributed by atoms with van der Waals surface area (Å²) >= 11 is 1.70. The van der Waals surface area contributed by atoms with Crippen molar-refractivity contribution in [2.45, 2.75) is 19.4 Å². The second-order valence-electron chi connectivity index (χ2n) is 5.06. The van der Waals surface area contributed by atoms with Crippen molar-refractivity contribution in [1.82, 2.24) is 10.6 Å². The lowest BCUT2D eigenvalue weighted by Gasteiger charge is -2.15. The first-order chi connectivity index (χ1) is 10.7. The maximum atomic E-state index is 11.9. The number of carbonyl (C=O) groups excluding carboxylic acids is 1. The van der Waals surface area contributed by atoms with E-state index in [9.17, 15) is 4.79 Å². The molecule has 2 aromatic rings. The van der Waals surface area contributed by atoms with Gasteiger partial charge in [0.2, 0.25) is 6.79 Å². The third-order valence-corrected chi connectivity index (χ3v) is 4.42. The highest BCUT2D eigenvalue weighted by atomic mass is 32.1. The molecule has 0 spiro atoms. The quantitative estimate of drug-likeness (QED) is 0.890. The highest BCUT2D eigenvalue weighted by Crippen LogP contribution is 2.34. The van der Waals surface area contributed by atoms with Crippen molar-refractivity contribution in [2.75, 3.05) is 13.3 Å². The van der Waals surface area contributed by atoms with Crippen molar-refractivity contribution in [3.8, 4) is 11.5 Å². The van der Waals surface area contributed by atoms with Crippen LogP contribution in [-0.4, -0.2) is 19.4 Å². The second-order valence-corrected chi connectivity index (χ2v) is 6.10. The predicted octanol–water partition coefficient (Wildman–Crippen LogP) is 3.08. The van der Waals surface area contributed by atoms with E-state index in [0.717, 1.165) is 23.5 Å². The number of urea groups is 1. The Morgan fingerprint density at radius 1 is 1.32 bits per heavy atom. The molecular weight excluding hydrogens is 300 g/mol. The summed E-state index contributed by atoms with van der Waals surface area (Å²) in [5, 5.41) is 7.84. The fraction of sp³-hybridized carbons (Fsp3) is 0.312. The number of carbonyl (C=O) groups is 1. The molecule has 1 aromatic carbocycles. The number of thiophene rings is 1. The normalized spacial score (nSPS) is 13.7. The van der Waals surface area contributed by atoms with Crippen molar-refractivity contribution in [3.63, 3.8) is 0 Å². The number of nitrogens with one attached hydrogen (secondary N) is 2. The van der Waals surface area contributed by atoms with Gasteiger partial charge >= 0.3 is 6.03 Å². The van der Waals surface area contributed by atoms with Crippen molar-refractivity contribution in [2.24, 2.45) is 0 Å². The SMILES string of the molecule is CC(NC(=O)NCCc1cccs1)c1ccc2c(c1)OCO2. The van der Waals surface area contributed by atoms with Gasteiger partial charge in [0.15, 0.2) is 11.5 Å². The summed E-state index contributed by atoms with van der Waals surface area (Å²) in [7, 11) is 0. The highest BCUT2D eigenvalue weighted by Gasteiger charge is 2.16. The topological polar surface area (TPSA) is 59.6 Å². The Labute approximate surface area is 133 Å². The number of hydrogen-bond acceptors (Lipinski definition) is 4. The standard InChI is InChI=1S/C16H18N2O3S/c1-11(12-4-5-14-15(9-12)21-10-20-14)18-16(19)17-7-6-13-3-2-8-22-13/h2-5,8-9,11H,6-7,10H2,1H3,(H2,17,18,19). The van der Waals surface area contributed by atoms with Crippen molar-refractivity contribution in [1.29, 1.82) is 0 Å². The maximum Gasteiger partial charge on any atom is 0.315 e. The number of amides is 2. The molecule has 3 rings (SSSR count). The van der Waals surface area contributed by atoms with Crippen LogP contribution >= 0.6 is 11.3 Å². The van der Waals surface area contributed by atoms with Crippen LogP contribution in [0.25, 0.3) is 0 Å². The van der Waals surface area contributed by atoms with E-state index in [0.29, 0.717) is 6.54 Å². The second kappa shape index (κ2) is 6.70. The smallest absolute Gasteiger partial charge is 0.315 e. The van der Waals surface area contributed by atoms with Crippen LogP contribution in [-0.2, 0) is 6.42 Å². The maximum absolute atomic E-state index is 11.9. The number of fused-ring (bicyclic) bond motifs is 1. The van der Waals surface area contributed by atoms with Gasteiger partial charge in [-0.1, -0.05) is 12.1 Å². The molecule has 0 saturated carbocycles. The number of benzene rings is 1. The average Bonchev–Trinajstić information content (AvgIpc) is 3.17. The molecule has 0 saturated heterocycles. The molecule has 22 heavy (non-hydrogen) atoms. The van der Waals surface area contributed by atoms with E-state index in [4.69, 9.17) is 9.47 Å². The van der Waals surface area contributed by atoms with Gasteiger partial charge < -0.3 is 20.1 Å². The molecule has 1 aliphatic heterocycles. The van der Waals surface area contributed by atoms with Gasteiger partial charge in [-0.15, -0.1) is 11.3 Å². The van der Waals surface area contributed by atoms with Crippen LogP contribution in [0.1, 0.15) is 23.4 Å². The molecule has 0 bridgehead atoms. The third kappa shape index (κ3) is 3.51. The lowest BCUT2D eigenvalue weighted by molar-refractivity contribution is 0.174. The van der Waals surface area contributed by atoms with Gasteiger partial charge in [0.05, 0.1) is 6.04 Å². The molecule has 6 heteroatoms. The van der Waals surface area contributed by atoms with E-state index in [1.165, 1.54) is 4.88 Å². The molecule has 1 aliphatic rings. The molecule has 0 aliphatic carbocycles. The fourth-order valence-electron chi connectivity index (χ4n) is 2.27. The van der Waals surface area contributed by atoms with Crippen molar-refractivity contribution < 1.29 is 14.3 Å². The van der Waals surface area contributed by atoms with E-state index in [2.05, 4.69) is 16.7 Å². The molecule has 1 unspecified atom stereocenters. The minimum Gasteiger partial charge on any atom is -0.454 e. The molecular formula is C16H18N2O3S. The Morgan fingerprint density at radius 2 is 2.18 bits per heavy atom. The number of rotatable bonds is 5. The van der Waals surface area contributed by atoms with Gasteiger partial charge in [-0.05, 0) is 42.5 Å². The van der Waals surface area contributed by atoms with Crippen LogP contribution in [0.2, 0.25) is 0 Å². The minimum absolute atomic E-state index is 0.101. The third-order valence-electron chi connectivity index (χ3n) is 3.48. The molecule has 2 amide bonds.